The van der Waals surface area contributed by atoms with Gasteiger partial charge in [-0.15, -0.1) is 0 Å². The third kappa shape index (κ3) is 4.66. The van der Waals surface area contributed by atoms with Crippen LogP contribution in [0.5, 0.6) is 0 Å². The fourth-order valence-corrected chi connectivity index (χ4v) is 3.40. The Bertz CT molecular complexity index is 910. The number of hydrogen-bond acceptors (Lipinski definition) is 5. The van der Waals surface area contributed by atoms with Crippen LogP contribution < -0.4 is 0 Å². The van der Waals surface area contributed by atoms with E-state index in [2.05, 4.69) is 4.98 Å². The van der Waals surface area contributed by atoms with Gasteiger partial charge in [-0.25, -0.2) is 0 Å². The van der Waals surface area contributed by atoms with Gasteiger partial charge < -0.3 is 14.7 Å². The number of aliphatic hydroxyl groups is 1. The normalized spacial score (nSPS) is 18.6. The van der Waals surface area contributed by atoms with Gasteiger partial charge in [-0.1, -0.05) is 17.7 Å². The first-order valence-electron chi connectivity index (χ1n) is 9.47. The van der Waals surface area contributed by atoms with E-state index in [1.165, 1.54) is 4.90 Å². The lowest BCUT2D eigenvalue weighted by Gasteiger charge is -2.24. The Balaban J connectivity index is 1.99. The molecule has 0 radical (unpaired) electrons. The summed E-state index contributed by atoms with van der Waals surface area (Å²) in [6.45, 7) is 4.65. The van der Waals surface area contributed by atoms with E-state index in [-0.39, 0.29) is 17.4 Å². The minimum atomic E-state index is -0.758. The van der Waals surface area contributed by atoms with Crippen LogP contribution in [0.25, 0.3) is 5.76 Å². The van der Waals surface area contributed by atoms with Crippen molar-refractivity contribution in [1.29, 1.82) is 0 Å². The maximum absolute atomic E-state index is 12.8. The number of carbonyl (C=O) groups excluding carboxylic acids is 2. The van der Waals surface area contributed by atoms with Crippen molar-refractivity contribution in [3.05, 3.63) is 70.5 Å². The largest absolute Gasteiger partial charge is 0.507 e. The summed E-state index contributed by atoms with van der Waals surface area (Å²) in [5.41, 5.74) is 0.962. The maximum Gasteiger partial charge on any atom is 0.295 e. The highest BCUT2D eigenvalue weighted by atomic mass is 35.5. The average molecular weight is 415 g/mol. The summed E-state index contributed by atoms with van der Waals surface area (Å²) in [4.78, 5) is 31.4. The van der Waals surface area contributed by atoms with Gasteiger partial charge in [0, 0.05) is 29.9 Å². The molecule has 29 heavy (non-hydrogen) atoms. The van der Waals surface area contributed by atoms with E-state index in [9.17, 15) is 14.7 Å². The molecule has 0 saturated carbocycles. The summed E-state index contributed by atoms with van der Waals surface area (Å²) in [5, 5.41) is 11.4. The van der Waals surface area contributed by atoms with Crippen LogP contribution in [0.2, 0.25) is 5.02 Å². The van der Waals surface area contributed by atoms with Gasteiger partial charge in [0.1, 0.15) is 11.8 Å². The van der Waals surface area contributed by atoms with Crippen LogP contribution >= 0.6 is 11.6 Å². The zero-order valence-corrected chi connectivity index (χ0v) is 17.1. The fourth-order valence-electron chi connectivity index (χ4n) is 3.27. The number of ether oxygens (including phenoxy) is 1. The highest BCUT2D eigenvalue weighted by molar-refractivity contribution is 6.46. The van der Waals surface area contributed by atoms with Crippen molar-refractivity contribution in [1.82, 2.24) is 9.88 Å². The van der Waals surface area contributed by atoms with Gasteiger partial charge in [0.2, 0.25) is 0 Å². The van der Waals surface area contributed by atoms with Crippen molar-refractivity contribution in [2.45, 2.75) is 32.4 Å². The molecule has 1 amide bonds. The van der Waals surface area contributed by atoms with E-state index in [0.29, 0.717) is 35.9 Å². The van der Waals surface area contributed by atoms with Crippen LogP contribution in [0.4, 0.5) is 0 Å². The smallest absolute Gasteiger partial charge is 0.295 e. The highest BCUT2D eigenvalue weighted by Crippen LogP contribution is 2.38. The molecular weight excluding hydrogens is 392 g/mol. The molecule has 1 unspecified atom stereocenters. The Labute approximate surface area is 174 Å². The lowest BCUT2D eigenvalue weighted by molar-refractivity contribution is -0.140. The molecule has 1 saturated heterocycles. The van der Waals surface area contributed by atoms with Crippen molar-refractivity contribution >= 4 is 29.1 Å². The molecule has 0 aliphatic carbocycles. The second-order valence-corrected chi connectivity index (χ2v) is 7.46. The number of amides is 1. The molecule has 1 atom stereocenters. The Morgan fingerprint density at radius 2 is 1.93 bits per heavy atom. The Morgan fingerprint density at radius 3 is 2.55 bits per heavy atom. The summed E-state index contributed by atoms with van der Waals surface area (Å²) in [6, 6.07) is 11.0. The van der Waals surface area contributed by atoms with Crippen molar-refractivity contribution in [2.75, 3.05) is 13.2 Å². The number of rotatable bonds is 7. The highest BCUT2D eigenvalue weighted by Gasteiger charge is 2.46. The number of ketones is 1. The first-order chi connectivity index (χ1) is 13.9. The zero-order valence-electron chi connectivity index (χ0n) is 16.3. The van der Waals surface area contributed by atoms with Gasteiger partial charge in [-0.3, -0.25) is 14.6 Å². The third-order valence-electron chi connectivity index (χ3n) is 4.62. The van der Waals surface area contributed by atoms with Crippen LogP contribution in [0.3, 0.4) is 0 Å². The van der Waals surface area contributed by atoms with Gasteiger partial charge in [-0.2, -0.15) is 0 Å². The molecule has 2 aromatic rings. The molecule has 0 spiro atoms. The SMILES string of the molecule is CC(C)OCCCN1C(=O)C(=O)C(=C(O)c2ccc(Cl)cc2)C1c1ccccn1. The number of pyridine rings is 1. The fraction of sp³-hybridized carbons (Fsp3) is 0.318. The van der Waals surface area contributed by atoms with Gasteiger partial charge >= 0.3 is 0 Å². The number of Topliss-reactive ketones (excluding diaryl/α,β-unsaturated/α-hetero) is 1. The number of likely N-dealkylation sites (tertiary alicyclic amines) is 1. The van der Waals surface area contributed by atoms with Gasteiger partial charge in [0.15, 0.2) is 0 Å². The van der Waals surface area contributed by atoms with Crippen molar-refractivity contribution < 1.29 is 19.4 Å². The summed E-state index contributed by atoms with van der Waals surface area (Å²) in [7, 11) is 0. The number of hydrogen-bond donors (Lipinski definition) is 1. The zero-order chi connectivity index (χ0) is 21.0. The Kier molecular flexibility index (Phi) is 6.67. The molecule has 7 heteroatoms. The molecule has 152 valence electrons. The first-order valence-corrected chi connectivity index (χ1v) is 9.85. The number of aliphatic hydroxyl groups excluding tert-OH is 1. The van der Waals surface area contributed by atoms with E-state index < -0.39 is 17.7 Å². The number of carbonyl (C=O) groups is 2. The van der Waals surface area contributed by atoms with E-state index in [0.717, 1.165) is 0 Å². The van der Waals surface area contributed by atoms with Gasteiger partial charge in [0.25, 0.3) is 11.7 Å². The molecule has 6 nitrogen and oxygen atoms in total. The summed E-state index contributed by atoms with van der Waals surface area (Å²) in [5.74, 6) is -1.62. The third-order valence-corrected chi connectivity index (χ3v) is 4.87. The molecule has 2 heterocycles. The summed E-state index contributed by atoms with van der Waals surface area (Å²) >= 11 is 5.92. The lowest BCUT2D eigenvalue weighted by Crippen LogP contribution is -2.31. The van der Waals surface area contributed by atoms with Crippen LogP contribution in [0, 0.1) is 0 Å². The van der Waals surface area contributed by atoms with Crippen molar-refractivity contribution in [3.63, 3.8) is 0 Å². The number of halogens is 1. The van der Waals surface area contributed by atoms with Crippen molar-refractivity contribution in [2.24, 2.45) is 0 Å². The predicted molar refractivity (Wildman–Crippen MR) is 110 cm³/mol. The molecule has 1 aromatic heterocycles. The summed E-state index contributed by atoms with van der Waals surface area (Å²) < 4.78 is 5.55. The van der Waals surface area contributed by atoms with Gasteiger partial charge in [-0.05, 0) is 56.7 Å². The minimum absolute atomic E-state index is 0.0285. The van der Waals surface area contributed by atoms with Gasteiger partial charge in [0.05, 0.1) is 17.4 Å². The number of nitrogens with zero attached hydrogens (tertiary/aromatic N) is 2. The van der Waals surface area contributed by atoms with Crippen LogP contribution in [-0.2, 0) is 14.3 Å². The second-order valence-electron chi connectivity index (χ2n) is 7.03. The lowest BCUT2D eigenvalue weighted by atomic mass is 9.98. The van der Waals surface area contributed by atoms with E-state index in [1.807, 2.05) is 13.8 Å². The van der Waals surface area contributed by atoms with E-state index in [1.54, 1.807) is 48.7 Å². The summed E-state index contributed by atoms with van der Waals surface area (Å²) in [6.07, 6.45) is 2.25. The molecule has 1 aliphatic rings. The van der Waals surface area contributed by atoms with Crippen LogP contribution in [-0.4, -0.2) is 45.9 Å². The quantitative estimate of drug-likeness (QED) is 0.321. The Morgan fingerprint density at radius 1 is 1.21 bits per heavy atom. The van der Waals surface area contributed by atoms with E-state index in [4.69, 9.17) is 16.3 Å². The predicted octanol–water partition coefficient (Wildman–Crippen LogP) is 3.97. The molecule has 1 N–H and O–H groups in total. The van der Waals surface area contributed by atoms with Crippen LogP contribution in [0.15, 0.2) is 54.2 Å². The number of aromatic nitrogens is 1. The number of benzene rings is 1. The van der Waals surface area contributed by atoms with Crippen molar-refractivity contribution in [3.8, 4) is 0 Å². The molecule has 1 aromatic carbocycles. The molecule has 0 bridgehead atoms. The standard InChI is InChI=1S/C22H23ClN2O4/c1-14(2)29-13-5-12-25-19(17-6-3-4-11-24-17)18(21(27)22(25)28)20(26)15-7-9-16(23)10-8-15/h3-4,6-11,14,19,26H,5,12-13H2,1-2H3. The monoisotopic (exact) mass is 414 g/mol. The maximum atomic E-state index is 12.8. The molecule has 1 fully saturated rings. The minimum Gasteiger partial charge on any atom is -0.507 e. The van der Waals surface area contributed by atoms with Crippen LogP contribution in [0.1, 0.15) is 37.6 Å². The molecule has 1 aliphatic heterocycles. The van der Waals surface area contributed by atoms with E-state index >= 15 is 0 Å². The first kappa shape index (κ1) is 21.0. The topological polar surface area (TPSA) is 79.7 Å². The molecular formula is C22H23ClN2O4. The Hall–Kier alpha value is -2.70. The second kappa shape index (κ2) is 9.20. The molecule has 3 rings (SSSR count). The average Bonchev–Trinajstić information content (AvgIpc) is 2.96.